The summed E-state index contributed by atoms with van der Waals surface area (Å²) in [5, 5.41) is 11.9. The molecule has 1 aromatic carbocycles. The zero-order valence-corrected chi connectivity index (χ0v) is 12.8. The van der Waals surface area contributed by atoms with Gasteiger partial charge in [-0.05, 0) is 24.6 Å². The van der Waals surface area contributed by atoms with Crippen molar-refractivity contribution in [3.63, 3.8) is 0 Å². The van der Waals surface area contributed by atoms with Crippen LogP contribution in [0.15, 0.2) is 22.7 Å². The second-order valence-electron chi connectivity index (χ2n) is 3.93. The van der Waals surface area contributed by atoms with Crippen molar-refractivity contribution < 1.29 is 14.7 Å². The smallest absolute Gasteiger partial charge is 0.326 e. The summed E-state index contributed by atoms with van der Waals surface area (Å²) in [5.74, 6) is -1.04. The number of carboxylic acids is 1. The molecule has 0 heterocycles. The topological polar surface area (TPSA) is 69.6 Å². The molecule has 0 spiro atoms. The summed E-state index contributed by atoms with van der Waals surface area (Å²) in [4.78, 5) is 24.1. The number of carbonyl (C=O) groups is 2. The van der Waals surface area contributed by atoms with Crippen LogP contribution in [-0.2, 0) is 4.79 Å². The van der Waals surface area contributed by atoms with Gasteiger partial charge in [0.15, 0.2) is 0 Å². The summed E-state index contributed by atoms with van der Waals surface area (Å²) in [6.07, 6.45) is 0.327. The number of nitrogens with zero attached hydrogens (tertiary/aromatic N) is 1. The molecule has 1 unspecified atom stereocenters. The van der Waals surface area contributed by atoms with Crippen molar-refractivity contribution in [3.8, 4) is 0 Å². The number of carboxylic acid groups (broad SMARTS) is 1. The first-order valence-electron chi connectivity index (χ1n) is 5.58. The van der Waals surface area contributed by atoms with Crippen molar-refractivity contribution in [1.82, 2.24) is 4.90 Å². The molecule has 2 N–H and O–H groups in total. The van der Waals surface area contributed by atoms with Gasteiger partial charge in [0.2, 0.25) is 0 Å². The predicted octanol–water partition coefficient (Wildman–Crippen LogP) is 3.43. The zero-order chi connectivity index (χ0) is 14.6. The molecule has 1 atom stereocenters. The number of urea groups is 1. The molecule has 5 nitrogen and oxygen atoms in total. The molecule has 0 radical (unpaired) electrons. The second-order valence-corrected chi connectivity index (χ2v) is 5.25. The van der Waals surface area contributed by atoms with Gasteiger partial charge >= 0.3 is 12.0 Å². The molecule has 104 valence electrons. The van der Waals surface area contributed by atoms with Crippen LogP contribution in [0.5, 0.6) is 0 Å². The maximum atomic E-state index is 11.9. The number of nitrogens with one attached hydrogen (secondary N) is 1. The molecule has 2 amide bonds. The Hall–Kier alpha value is -1.27. The number of rotatable bonds is 4. The lowest BCUT2D eigenvalue weighted by Gasteiger charge is -2.24. The van der Waals surface area contributed by atoms with Crippen LogP contribution in [0.2, 0.25) is 5.02 Å². The summed E-state index contributed by atoms with van der Waals surface area (Å²) in [6.45, 7) is 1.70. The average Bonchev–Trinajstić information content (AvgIpc) is 2.32. The summed E-state index contributed by atoms with van der Waals surface area (Å²) in [7, 11) is 1.43. The maximum Gasteiger partial charge on any atom is 0.326 e. The van der Waals surface area contributed by atoms with E-state index in [-0.39, 0.29) is 0 Å². The third kappa shape index (κ3) is 4.11. The molecular formula is C12H14BrClN2O3. The van der Waals surface area contributed by atoms with Crippen LogP contribution in [0.4, 0.5) is 10.5 Å². The fourth-order valence-electron chi connectivity index (χ4n) is 1.55. The Morgan fingerprint density at radius 1 is 1.53 bits per heavy atom. The van der Waals surface area contributed by atoms with E-state index >= 15 is 0 Å². The van der Waals surface area contributed by atoms with Gasteiger partial charge in [-0.3, -0.25) is 0 Å². The highest BCUT2D eigenvalue weighted by Gasteiger charge is 2.24. The van der Waals surface area contributed by atoms with Crippen LogP contribution in [0, 0.1) is 0 Å². The number of hydrogen-bond donors (Lipinski definition) is 2. The van der Waals surface area contributed by atoms with E-state index in [0.29, 0.717) is 17.1 Å². The van der Waals surface area contributed by atoms with Gasteiger partial charge in [0.1, 0.15) is 6.04 Å². The van der Waals surface area contributed by atoms with E-state index in [0.717, 1.165) is 9.37 Å². The average molecular weight is 350 g/mol. The third-order valence-corrected chi connectivity index (χ3v) is 3.44. The molecule has 0 aliphatic rings. The number of aliphatic carboxylic acids is 1. The Kier molecular flexibility index (Phi) is 5.62. The number of carbonyl (C=O) groups excluding carboxylic acids is 1. The first-order chi connectivity index (χ1) is 8.86. The standard InChI is InChI=1S/C12H14BrClN2O3/c1-3-10(11(17)18)16(2)12(19)15-9-5-4-7(13)6-8(9)14/h4-6,10H,3H2,1-2H3,(H,15,19)(H,17,18). The Bertz CT molecular complexity index is 496. The number of benzene rings is 1. The minimum absolute atomic E-state index is 0.327. The monoisotopic (exact) mass is 348 g/mol. The highest BCUT2D eigenvalue weighted by atomic mass is 79.9. The SMILES string of the molecule is CCC(C(=O)O)N(C)C(=O)Nc1ccc(Br)cc1Cl. The first kappa shape index (κ1) is 15.8. The Morgan fingerprint density at radius 2 is 2.16 bits per heavy atom. The molecule has 0 aliphatic heterocycles. The van der Waals surface area contributed by atoms with Crippen molar-refractivity contribution in [1.29, 1.82) is 0 Å². The summed E-state index contributed by atoms with van der Waals surface area (Å²) >= 11 is 9.23. The largest absolute Gasteiger partial charge is 0.480 e. The minimum Gasteiger partial charge on any atom is -0.480 e. The Balaban J connectivity index is 2.81. The van der Waals surface area contributed by atoms with Gasteiger partial charge in [0.05, 0.1) is 10.7 Å². The highest BCUT2D eigenvalue weighted by Crippen LogP contribution is 2.25. The van der Waals surface area contributed by atoms with Gasteiger partial charge in [-0.1, -0.05) is 34.5 Å². The van der Waals surface area contributed by atoms with E-state index in [1.807, 2.05) is 0 Å². The molecule has 1 rings (SSSR count). The minimum atomic E-state index is -1.04. The Morgan fingerprint density at radius 3 is 2.63 bits per heavy atom. The quantitative estimate of drug-likeness (QED) is 0.875. The fourth-order valence-corrected chi connectivity index (χ4v) is 2.27. The molecule has 7 heteroatoms. The number of anilines is 1. The van der Waals surface area contributed by atoms with Crippen LogP contribution < -0.4 is 5.32 Å². The molecule has 1 aromatic rings. The van der Waals surface area contributed by atoms with E-state index in [1.165, 1.54) is 7.05 Å². The third-order valence-electron chi connectivity index (χ3n) is 2.63. The lowest BCUT2D eigenvalue weighted by Crippen LogP contribution is -2.44. The van der Waals surface area contributed by atoms with Gasteiger partial charge < -0.3 is 15.3 Å². The van der Waals surface area contributed by atoms with Gasteiger partial charge in [-0.2, -0.15) is 0 Å². The molecule has 19 heavy (non-hydrogen) atoms. The van der Waals surface area contributed by atoms with Crippen LogP contribution >= 0.6 is 27.5 Å². The lowest BCUT2D eigenvalue weighted by molar-refractivity contribution is -0.141. The van der Waals surface area contributed by atoms with E-state index in [4.69, 9.17) is 16.7 Å². The van der Waals surface area contributed by atoms with Gasteiger partial charge in [-0.25, -0.2) is 9.59 Å². The molecule has 0 fully saturated rings. The van der Waals surface area contributed by atoms with Crippen molar-refractivity contribution in [2.24, 2.45) is 0 Å². The molecule has 0 saturated heterocycles. The molecule has 0 aromatic heterocycles. The summed E-state index contributed by atoms with van der Waals surface area (Å²) in [6, 6.07) is 3.63. The second kappa shape index (κ2) is 6.77. The number of amides is 2. The van der Waals surface area contributed by atoms with Crippen LogP contribution in [0.25, 0.3) is 0 Å². The summed E-state index contributed by atoms with van der Waals surface area (Å²) in [5.41, 5.74) is 0.432. The van der Waals surface area contributed by atoms with E-state index < -0.39 is 18.0 Å². The summed E-state index contributed by atoms with van der Waals surface area (Å²) < 4.78 is 0.792. The van der Waals surface area contributed by atoms with Crippen LogP contribution in [0.1, 0.15) is 13.3 Å². The van der Waals surface area contributed by atoms with Crippen LogP contribution in [-0.4, -0.2) is 35.1 Å². The predicted molar refractivity (Wildman–Crippen MR) is 77.6 cm³/mol. The fraction of sp³-hybridized carbons (Fsp3) is 0.333. The molecule has 0 bridgehead atoms. The van der Waals surface area contributed by atoms with Crippen molar-refractivity contribution in [3.05, 3.63) is 27.7 Å². The molecule has 0 aliphatic carbocycles. The van der Waals surface area contributed by atoms with E-state index in [2.05, 4.69) is 21.2 Å². The maximum absolute atomic E-state index is 11.9. The highest BCUT2D eigenvalue weighted by molar-refractivity contribution is 9.10. The van der Waals surface area contributed by atoms with E-state index in [1.54, 1.807) is 25.1 Å². The zero-order valence-electron chi connectivity index (χ0n) is 10.5. The molecular weight excluding hydrogens is 336 g/mol. The van der Waals surface area contributed by atoms with Crippen molar-refractivity contribution in [2.45, 2.75) is 19.4 Å². The van der Waals surface area contributed by atoms with Gasteiger partial charge in [0, 0.05) is 11.5 Å². The lowest BCUT2D eigenvalue weighted by atomic mass is 10.2. The number of hydrogen-bond acceptors (Lipinski definition) is 2. The van der Waals surface area contributed by atoms with Crippen molar-refractivity contribution >= 4 is 45.2 Å². The Labute approximate surface area is 124 Å². The van der Waals surface area contributed by atoms with Crippen molar-refractivity contribution in [2.75, 3.05) is 12.4 Å². The number of likely N-dealkylation sites (N-methyl/N-ethyl adjacent to an activating group) is 1. The van der Waals surface area contributed by atoms with E-state index in [9.17, 15) is 9.59 Å². The van der Waals surface area contributed by atoms with Gasteiger partial charge in [0.25, 0.3) is 0 Å². The first-order valence-corrected chi connectivity index (χ1v) is 6.75. The normalized spacial score (nSPS) is 11.8. The van der Waals surface area contributed by atoms with Gasteiger partial charge in [-0.15, -0.1) is 0 Å². The number of halogens is 2. The molecule has 0 saturated carbocycles. The van der Waals surface area contributed by atoms with Crippen LogP contribution in [0.3, 0.4) is 0 Å².